The summed E-state index contributed by atoms with van der Waals surface area (Å²) in [4.78, 5) is 16.0. The van der Waals surface area contributed by atoms with Gasteiger partial charge in [-0.15, -0.1) is 0 Å². The highest BCUT2D eigenvalue weighted by Gasteiger charge is 2.16. The minimum atomic E-state index is -0.502. The molecule has 0 amide bonds. The maximum absolute atomic E-state index is 13.7. The molecule has 7 nitrogen and oxygen atoms in total. The van der Waals surface area contributed by atoms with E-state index in [-0.39, 0.29) is 12.3 Å². The Kier molecular flexibility index (Phi) is 4.03. The van der Waals surface area contributed by atoms with Crippen LogP contribution >= 0.6 is 27.3 Å². The van der Waals surface area contributed by atoms with E-state index in [2.05, 4.69) is 31.3 Å². The van der Waals surface area contributed by atoms with Crippen LogP contribution in [0.2, 0.25) is 0 Å². The second kappa shape index (κ2) is 5.97. The summed E-state index contributed by atoms with van der Waals surface area (Å²) >= 11 is 4.62. The molecule has 0 aliphatic heterocycles. The zero-order chi connectivity index (χ0) is 15.7. The van der Waals surface area contributed by atoms with Gasteiger partial charge in [-0.05, 0) is 16.5 Å². The molecule has 10 heteroatoms. The van der Waals surface area contributed by atoms with Gasteiger partial charge in [0.05, 0.1) is 5.69 Å². The smallest absolute Gasteiger partial charge is 0.368 e. The van der Waals surface area contributed by atoms with Crippen LogP contribution in [0.3, 0.4) is 0 Å². The second-order valence-corrected chi connectivity index (χ2v) is 5.98. The summed E-state index contributed by atoms with van der Waals surface area (Å²) in [6.45, 7) is 0.104. The molecule has 0 saturated heterocycles. The minimum absolute atomic E-state index is 0.104. The number of hydrogen-bond donors (Lipinski definition) is 0. The zero-order valence-corrected chi connectivity index (χ0v) is 13.6. The molecule has 2 aromatic heterocycles. The van der Waals surface area contributed by atoms with Gasteiger partial charge in [-0.1, -0.05) is 27.3 Å². The Balaban J connectivity index is 2.04. The van der Waals surface area contributed by atoms with Gasteiger partial charge >= 0.3 is 5.69 Å². The van der Waals surface area contributed by atoms with Gasteiger partial charge in [0.25, 0.3) is 5.19 Å². The van der Waals surface area contributed by atoms with Gasteiger partial charge in [-0.3, -0.25) is 0 Å². The SMILES string of the molecule is Cn1nnn(-c2cc(F)cc(Br)c2COc2nccs2)c1=O. The largest absolute Gasteiger partial charge is 0.465 e. The van der Waals surface area contributed by atoms with Crippen LogP contribution in [0, 0.1) is 5.82 Å². The molecule has 0 atom stereocenters. The molecule has 114 valence electrons. The van der Waals surface area contributed by atoms with Crippen LogP contribution in [0.15, 0.2) is 33.0 Å². The van der Waals surface area contributed by atoms with E-state index in [0.29, 0.717) is 15.2 Å². The molecule has 1 aromatic carbocycles. The van der Waals surface area contributed by atoms with Gasteiger partial charge < -0.3 is 4.74 Å². The van der Waals surface area contributed by atoms with Crippen LogP contribution in [0.1, 0.15) is 5.56 Å². The maximum atomic E-state index is 13.7. The summed E-state index contributed by atoms with van der Waals surface area (Å²) < 4.78 is 21.8. The van der Waals surface area contributed by atoms with E-state index in [0.717, 1.165) is 9.36 Å². The van der Waals surface area contributed by atoms with Crippen LogP contribution in [-0.4, -0.2) is 24.8 Å². The lowest BCUT2D eigenvalue weighted by molar-refractivity contribution is 0.303. The van der Waals surface area contributed by atoms with Crippen molar-refractivity contribution in [1.82, 2.24) is 24.8 Å². The van der Waals surface area contributed by atoms with Gasteiger partial charge in [-0.25, -0.2) is 14.2 Å². The average Bonchev–Trinajstić information content (AvgIpc) is 3.09. The highest BCUT2D eigenvalue weighted by molar-refractivity contribution is 9.10. The molecule has 0 aliphatic rings. The Hall–Kier alpha value is -2.07. The van der Waals surface area contributed by atoms with Crippen molar-refractivity contribution in [3.8, 4) is 10.9 Å². The summed E-state index contributed by atoms with van der Waals surface area (Å²) in [7, 11) is 1.46. The normalized spacial score (nSPS) is 10.9. The summed E-state index contributed by atoms with van der Waals surface area (Å²) in [6.07, 6.45) is 1.62. The second-order valence-electron chi connectivity index (χ2n) is 4.27. The Morgan fingerprint density at radius 3 is 2.86 bits per heavy atom. The van der Waals surface area contributed by atoms with Crippen molar-refractivity contribution in [3.05, 3.63) is 50.0 Å². The molecule has 0 spiro atoms. The fraction of sp³-hybridized carbons (Fsp3) is 0.167. The molecule has 0 unspecified atom stereocenters. The lowest BCUT2D eigenvalue weighted by Gasteiger charge is -2.11. The standard InChI is InChI=1S/C12H9BrFN5O2S/c1-18-12(20)19(17-16-18)10-5-7(14)4-9(13)8(10)6-21-11-15-2-3-22-11/h2-5H,6H2,1H3. The first-order valence-corrected chi connectivity index (χ1v) is 7.73. The molecule has 2 heterocycles. The zero-order valence-electron chi connectivity index (χ0n) is 11.2. The highest BCUT2D eigenvalue weighted by atomic mass is 79.9. The number of rotatable bonds is 4. The van der Waals surface area contributed by atoms with E-state index in [9.17, 15) is 9.18 Å². The molecular weight excluding hydrogens is 377 g/mol. The molecule has 0 bridgehead atoms. The Morgan fingerprint density at radius 2 is 2.23 bits per heavy atom. The maximum Gasteiger partial charge on any atom is 0.368 e. The van der Waals surface area contributed by atoms with Gasteiger partial charge in [0, 0.05) is 34.7 Å². The first-order chi connectivity index (χ1) is 10.6. The Labute approximate surface area is 136 Å². The number of hydrogen-bond acceptors (Lipinski definition) is 6. The summed E-state index contributed by atoms with van der Waals surface area (Å²) in [5, 5.41) is 9.63. The minimum Gasteiger partial charge on any atom is -0.465 e. The summed E-state index contributed by atoms with van der Waals surface area (Å²) in [5.74, 6) is -0.502. The van der Waals surface area contributed by atoms with Gasteiger partial charge in [0.2, 0.25) is 0 Å². The number of benzene rings is 1. The number of tetrazole rings is 1. The van der Waals surface area contributed by atoms with E-state index in [1.807, 2.05) is 0 Å². The van der Waals surface area contributed by atoms with Crippen LogP contribution in [-0.2, 0) is 13.7 Å². The number of halogens is 2. The van der Waals surface area contributed by atoms with Crippen molar-refractivity contribution in [1.29, 1.82) is 0 Å². The first kappa shape index (κ1) is 14.9. The number of nitrogens with zero attached hydrogens (tertiary/aromatic N) is 5. The van der Waals surface area contributed by atoms with E-state index >= 15 is 0 Å². The van der Waals surface area contributed by atoms with Gasteiger partial charge in [0.1, 0.15) is 12.4 Å². The first-order valence-electron chi connectivity index (χ1n) is 6.06. The molecular formula is C12H9BrFN5O2S. The Morgan fingerprint density at radius 1 is 1.41 bits per heavy atom. The Bertz CT molecular complexity index is 861. The molecule has 3 rings (SSSR count). The number of aromatic nitrogens is 5. The molecule has 22 heavy (non-hydrogen) atoms. The van der Waals surface area contributed by atoms with Crippen LogP contribution in [0.25, 0.3) is 5.69 Å². The lowest BCUT2D eigenvalue weighted by Crippen LogP contribution is -2.23. The van der Waals surface area contributed by atoms with E-state index in [1.165, 1.54) is 30.5 Å². The van der Waals surface area contributed by atoms with Crippen LogP contribution in [0.4, 0.5) is 4.39 Å². The molecule has 0 radical (unpaired) electrons. The fourth-order valence-corrected chi connectivity index (χ4v) is 2.83. The van der Waals surface area contributed by atoms with Crippen molar-refractivity contribution in [2.24, 2.45) is 7.05 Å². The van der Waals surface area contributed by atoms with Crippen LogP contribution in [0.5, 0.6) is 5.19 Å². The van der Waals surface area contributed by atoms with Crippen molar-refractivity contribution >= 4 is 27.3 Å². The third-order valence-electron chi connectivity index (χ3n) is 2.84. The monoisotopic (exact) mass is 385 g/mol. The molecule has 0 fully saturated rings. The van der Waals surface area contributed by atoms with E-state index in [4.69, 9.17) is 4.74 Å². The van der Waals surface area contributed by atoms with Crippen LogP contribution < -0.4 is 10.4 Å². The summed E-state index contributed by atoms with van der Waals surface area (Å²) in [5.41, 5.74) is 0.355. The highest BCUT2D eigenvalue weighted by Crippen LogP contribution is 2.26. The predicted molar refractivity (Wildman–Crippen MR) is 80.7 cm³/mol. The molecule has 0 saturated carbocycles. The fourth-order valence-electron chi connectivity index (χ4n) is 1.80. The van der Waals surface area contributed by atoms with Crippen molar-refractivity contribution < 1.29 is 9.13 Å². The molecule has 0 aliphatic carbocycles. The number of thiazole rings is 1. The molecule has 3 aromatic rings. The third kappa shape index (κ3) is 2.79. The van der Waals surface area contributed by atoms with Gasteiger partial charge in [-0.2, -0.15) is 9.36 Å². The lowest BCUT2D eigenvalue weighted by atomic mass is 10.2. The topological polar surface area (TPSA) is 74.8 Å². The van der Waals surface area contributed by atoms with Crippen molar-refractivity contribution in [2.45, 2.75) is 6.61 Å². The quantitative estimate of drug-likeness (QED) is 0.685. The van der Waals surface area contributed by atoms with E-state index in [1.54, 1.807) is 11.6 Å². The molecule has 0 N–H and O–H groups in total. The average molecular weight is 386 g/mol. The predicted octanol–water partition coefficient (Wildman–Crippen LogP) is 1.90. The van der Waals surface area contributed by atoms with Gasteiger partial charge in [0.15, 0.2) is 0 Å². The third-order valence-corrected chi connectivity index (χ3v) is 4.23. The van der Waals surface area contributed by atoms with Crippen molar-refractivity contribution in [2.75, 3.05) is 0 Å². The number of aryl methyl sites for hydroxylation is 1. The van der Waals surface area contributed by atoms with E-state index < -0.39 is 11.5 Å². The summed E-state index contributed by atoms with van der Waals surface area (Å²) in [6, 6.07) is 2.51. The van der Waals surface area contributed by atoms with Crippen molar-refractivity contribution in [3.63, 3.8) is 0 Å². The number of ether oxygens (including phenoxy) is 1.